The second kappa shape index (κ2) is 7.13. The number of hydrogen-bond donors (Lipinski definition) is 1. The molecule has 4 aliphatic carbocycles. The lowest BCUT2D eigenvalue weighted by molar-refractivity contribution is -0.139. The Morgan fingerprint density at radius 2 is 1.93 bits per heavy atom. The van der Waals surface area contributed by atoms with Crippen molar-refractivity contribution in [3.8, 4) is 0 Å². The maximum atomic E-state index is 15.4. The zero-order chi connectivity index (χ0) is 19.2. The fourth-order valence-corrected chi connectivity index (χ4v) is 7.25. The number of nitrogens with two attached hydrogens (primary N) is 1. The number of oxime groups is 1. The van der Waals surface area contributed by atoms with Gasteiger partial charge in [-0.15, -0.1) is 0 Å². The zero-order valence-electron chi connectivity index (χ0n) is 16.9. The van der Waals surface area contributed by atoms with Crippen LogP contribution in [0.25, 0.3) is 0 Å². The molecule has 0 saturated heterocycles. The van der Waals surface area contributed by atoms with Crippen LogP contribution < -0.4 is 5.73 Å². The van der Waals surface area contributed by atoms with Crippen LogP contribution in [0.15, 0.2) is 5.16 Å². The first-order valence-electron chi connectivity index (χ1n) is 11.0. The van der Waals surface area contributed by atoms with Gasteiger partial charge in [0.2, 0.25) is 0 Å². The van der Waals surface area contributed by atoms with Gasteiger partial charge in [0, 0.05) is 17.8 Å². The summed E-state index contributed by atoms with van der Waals surface area (Å²) in [7, 11) is 0. The van der Waals surface area contributed by atoms with E-state index < -0.39 is 6.17 Å². The molecule has 4 fully saturated rings. The van der Waals surface area contributed by atoms with Gasteiger partial charge in [-0.25, -0.2) is 4.39 Å². The van der Waals surface area contributed by atoms with Crippen molar-refractivity contribution >= 4 is 11.5 Å². The number of carbonyl (C=O) groups excluding carboxylic acids is 1. The van der Waals surface area contributed by atoms with Gasteiger partial charge in [-0.3, -0.25) is 4.79 Å². The summed E-state index contributed by atoms with van der Waals surface area (Å²) in [5.41, 5.74) is 6.01. The van der Waals surface area contributed by atoms with Crippen LogP contribution in [0.4, 0.5) is 4.39 Å². The van der Waals surface area contributed by atoms with Gasteiger partial charge >= 0.3 is 0 Å². The number of nitrogens with zero attached hydrogens (tertiary/aromatic N) is 1. The van der Waals surface area contributed by atoms with Crippen molar-refractivity contribution in [3.63, 3.8) is 0 Å². The molecule has 0 radical (unpaired) electrons. The van der Waals surface area contributed by atoms with E-state index in [4.69, 9.17) is 10.6 Å². The largest absolute Gasteiger partial charge is 0.396 e. The number of alkyl halides is 1. The first-order valence-corrected chi connectivity index (χ1v) is 11.0. The number of ketones is 1. The molecule has 2 N–H and O–H groups in total. The van der Waals surface area contributed by atoms with Crippen molar-refractivity contribution in [3.05, 3.63) is 0 Å². The first kappa shape index (κ1) is 19.4. The number of fused-ring (bicyclic) bond motifs is 5. The standard InChI is InChI=1S/C22H35FN2O2/c1-21-11-9-18(25-27-13-3-12-24)20(23)17(21)5-4-14-15-6-7-19(26)22(15,2)10-8-16(14)21/h14-17,20H,3-13,24H2,1-2H3/b25-18+/t14-,15-,16-,17?,20-,21+,22-/m0/s1. The van der Waals surface area contributed by atoms with E-state index in [0.717, 1.165) is 51.4 Å². The molecule has 0 aromatic carbocycles. The van der Waals surface area contributed by atoms with Crippen molar-refractivity contribution in [2.45, 2.75) is 77.8 Å². The lowest BCUT2D eigenvalue weighted by Gasteiger charge is -2.60. The molecule has 1 unspecified atom stereocenters. The summed E-state index contributed by atoms with van der Waals surface area (Å²) in [6, 6.07) is 0. The summed E-state index contributed by atoms with van der Waals surface area (Å²) in [5.74, 6) is 2.20. The van der Waals surface area contributed by atoms with E-state index in [2.05, 4.69) is 19.0 Å². The highest BCUT2D eigenvalue weighted by Crippen LogP contribution is 2.65. The normalized spacial score (nSPS) is 48.1. The van der Waals surface area contributed by atoms with Gasteiger partial charge in [-0.05, 0) is 81.1 Å². The minimum Gasteiger partial charge on any atom is -0.396 e. The van der Waals surface area contributed by atoms with Gasteiger partial charge in [-0.2, -0.15) is 0 Å². The van der Waals surface area contributed by atoms with E-state index in [1.807, 2.05) is 0 Å². The molecule has 4 aliphatic rings. The fraction of sp³-hybridized carbons (Fsp3) is 0.909. The van der Waals surface area contributed by atoms with Crippen LogP contribution in [0.3, 0.4) is 0 Å². The minimum absolute atomic E-state index is 0.0333. The molecule has 5 heteroatoms. The Morgan fingerprint density at radius 1 is 1.11 bits per heavy atom. The summed E-state index contributed by atoms with van der Waals surface area (Å²) in [4.78, 5) is 17.8. The molecular formula is C22H35FN2O2. The molecule has 0 bridgehead atoms. The smallest absolute Gasteiger partial charge is 0.145 e. The predicted molar refractivity (Wildman–Crippen MR) is 104 cm³/mol. The molecule has 0 spiro atoms. The summed E-state index contributed by atoms with van der Waals surface area (Å²) in [5, 5.41) is 4.14. The second-order valence-electron chi connectivity index (χ2n) is 9.94. The van der Waals surface area contributed by atoms with Gasteiger partial charge in [0.15, 0.2) is 0 Å². The number of hydrogen-bond acceptors (Lipinski definition) is 4. The van der Waals surface area contributed by atoms with Crippen LogP contribution in [0.1, 0.15) is 71.6 Å². The average Bonchev–Trinajstić information content (AvgIpc) is 2.95. The van der Waals surface area contributed by atoms with Gasteiger partial charge in [-0.1, -0.05) is 19.0 Å². The highest BCUT2D eigenvalue weighted by atomic mass is 19.1. The summed E-state index contributed by atoms with van der Waals surface area (Å²) >= 11 is 0. The van der Waals surface area contributed by atoms with E-state index in [1.54, 1.807) is 0 Å². The van der Waals surface area contributed by atoms with E-state index >= 15 is 4.39 Å². The van der Waals surface area contributed by atoms with Gasteiger partial charge in [0.25, 0.3) is 0 Å². The van der Waals surface area contributed by atoms with Gasteiger partial charge in [0.1, 0.15) is 18.6 Å². The Labute approximate surface area is 162 Å². The Kier molecular flexibility index (Phi) is 5.11. The maximum Gasteiger partial charge on any atom is 0.145 e. The third kappa shape index (κ3) is 2.95. The lowest BCUT2D eigenvalue weighted by Crippen LogP contribution is -2.56. The quantitative estimate of drug-likeness (QED) is 0.587. The van der Waals surface area contributed by atoms with Crippen LogP contribution in [0, 0.1) is 34.5 Å². The fourth-order valence-electron chi connectivity index (χ4n) is 7.25. The highest BCUT2D eigenvalue weighted by Gasteiger charge is 2.61. The van der Waals surface area contributed by atoms with Crippen molar-refractivity contribution in [1.82, 2.24) is 0 Å². The Morgan fingerprint density at radius 3 is 2.70 bits per heavy atom. The van der Waals surface area contributed by atoms with Crippen molar-refractivity contribution in [1.29, 1.82) is 0 Å². The Bertz CT molecular complexity index is 623. The number of rotatable bonds is 4. The molecule has 4 nitrogen and oxygen atoms in total. The third-order valence-corrected chi connectivity index (χ3v) is 8.86. The molecule has 0 aliphatic heterocycles. The van der Waals surface area contributed by atoms with E-state index in [-0.39, 0.29) is 16.7 Å². The molecule has 4 rings (SSSR count). The average molecular weight is 379 g/mol. The van der Waals surface area contributed by atoms with E-state index in [1.165, 1.54) is 0 Å². The molecular weight excluding hydrogens is 343 g/mol. The van der Waals surface area contributed by atoms with Crippen molar-refractivity contribution < 1.29 is 14.0 Å². The molecule has 152 valence electrons. The molecule has 0 amide bonds. The molecule has 4 saturated carbocycles. The Balaban J connectivity index is 1.51. The number of halogens is 1. The lowest BCUT2D eigenvalue weighted by atomic mass is 9.45. The van der Waals surface area contributed by atoms with Crippen molar-refractivity contribution in [2.75, 3.05) is 13.2 Å². The molecule has 27 heavy (non-hydrogen) atoms. The SMILES string of the molecule is C[C@]12CC/C(=N\OCCCN)[C@@H](F)C1CC[C@@H]1[C@@H]2CC[C@]2(C)C(=O)CC[C@@H]12. The van der Waals surface area contributed by atoms with E-state index in [0.29, 0.717) is 48.8 Å². The van der Waals surface area contributed by atoms with Crippen LogP contribution in [0.2, 0.25) is 0 Å². The zero-order valence-corrected chi connectivity index (χ0v) is 16.9. The van der Waals surface area contributed by atoms with Gasteiger partial charge < -0.3 is 10.6 Å². The van der Waals surface area contributed by atoms with Gasteiger partial charge in [0.05, 0.1) is 5.71 Å². The maximum absolute atomic E-state index is 15.4. The second-order valence-corrected chi connectivity index (χ2v) is 9.94. The van der Waals surface area contributed by atoms with Crippen molar-refractivity contribution in [2.24, 2.45) is 45.4 Å². The van der Waals surface area contributed by atoms with Crippen LogP contribution in [-0.4, -0.2) is 30.8 Å². The van der Waals surface area contributed by atoms with E-state index in [9.17, 15) is 4.79 Å². The first-order chi connectivity index (χ1) is 12.9. The summed E-state index contributed by atoms with van der Waals surface area (Å²) < 4.78 is 15.4. The molecule has 7 atom stereocenters. The predicted octanol–water partition coefficient (Wildman–Crippen LogP) is 4.27. The number of carbonyl (C=O) groups is 1. The van der Waals surface area contributed by atoms with Crippen LogP contribution in [0.5, 0.6) is 0 Å². The highest BCUT2D eigenvalue weighted by molar-refractivity contribution is 5.89. The third-order valence-electron chi connectivity index (χ3n) is 8.86. The minimum atomic E-state index is -0.985. The Hall–Kier alpha value is -0.970. The summed E-state index contributed by atoms with van der Waals surface area (Å²) in [6.45, 7) is 5.57. The molecule has 0 aromatic rings. The van der Waals surface area contributed by atoms with Crippen LogP contribution in [-0.2, 0) is 9.63 Å². The molecule has 0 aromatic heterocycles. The topological polar surface area (TPSA) is 64.7 Å². The number of Topliss-reactive ketones (excluding diaryl/α,β-unsaturated/α-hetero) is 1. The van der Waals surface area contributed by atoms with Crippen LogP contribution >= 0.6 is 0 Å². The summed E-state index contributed by atoms with van der Waals surface area (Å²) in [6.07, 6.45) is 7.34. The molecule has 0 heterocycles. The monoisotopic (exact) mass is 378 g/mol.